The predicted molar refractivity (Wildman–Crippen MR) is 88.6 cm³/mol. The smallest absolute Gasteiger partial charge is 0.236 e. The van der Waals surface area contributed by atoms with Crippen LogP contribution in [0, 0.1) is 0 Å². The van der Waals surface area contributed by atoms with Crippen molar-refractivity contribution in [2.75, 3.05) is 39.9 Å². The van der Waals surface area contributed by atoms with Crippen molar-refractivity contribution in [3.05, 3.63) is 35.9 Å². The van der Waals surface area contributed by atoms with Crippen molar-refractivity contribution in [2.24, 2.45) is 0 Å². The lowest BCUT2D eigenvalue weighted by atomic mass is 10.2. The monoisotopic (exact) mass is 304 g/mol. The van der Waals surface area contributed by atoms with Gasteiger partial charge in [-0.2, -0.15) is 0 Å². The number of hydrogen-bond donors (Lipinski definition) is 0. The van der Waals surface area contributed by atoms with E-state index in [1.54, 1.807) is 7.11 Å². The molecule has 0 aromatic heterocycles. The number of likely N-dealkylation sites (tertiary alicyclic amines) is 1. The summed E-state index contributed by atoms with van der Waals surface area (Å²) in [5.74, 6) is 0.258. The minimum absolute atomic E-state index is 0.258. The van der Waals surface area contributed by atoms with E-state index in [1.165, 1.54) is 18.4 Å². The van der Waals surface area contributed by atoms with Crippen molar-refractivity contribution in [1.82, 2.24) is 9.80 Å². The van der Waals surface area contributed by atoms with Crippen LogP contribution in [-0.2, 0) is 16.1 Å². The molecular weight excluding hydrogens is 276 g/mol. The Labute approximate surface area is 134 Å². The molecule has 22 heavy (non-hydrogen) atoms. The van der Waals surface area contributed by atoms with Crippen molar-refractivity contribution in [3.63, 3.8) is 0 Å². The number of methoxy groups -OCH3 is 1. The molecule has 1 aliphatic rings. The third-order valence-corrected chi connectivity index (χ3v) is 4.18. The highest BCUT2D eigenvalue weighted by molar-refractivity contribution is 5.78. The molecule has 0 unspecified atom stereocenters. The minimum atomic E-state index is 0.258. The fraction of sp³-hybridized carbons (Fsp3) is 0.611. The maximum Gasteiger partial charge on any atom is 0.236 e. The molecule has 0 atom stereocenters. The zero-order valence-corrected chi connectivity index (χ0v) is 13.7. The molecule has 122 valence electrons. The summed E-state index contributed by atoms with van der Waals surface area (Å²) in [7, 11) is 1.71. The van der Waals surface area contributed by atoms with Gasteiger partial charge in [0.1, 0.15) is 0 Å². The maximum absolute atomic E-state index is 12.6. The molecule has 0 aliphatic carbocycles. The van der Waals surface area contributed by atoms with Gasteiger partial charge >= 0.3 is 0 Å². The summed E-state index contributed by atoms with van der Waals surface area (Å²) in [5, 5.41) is 0. The lowest BCUT2D eigenvalue weighted by Crippen LogP contribution is -2.41. The van der Waals surface area contributed by atoms with Gasteiger partial charge in [-0.05, 0) is 18.4 Å². The Kier molecular flexibility index (Phi) is 7.40. The number of nitrogens with zero attached hydrogens (tertiary/aromatic N) is 2. The SMILES string of the molecule is COCCN(CC(=O)N1CCCCCC1)Cc1ccccc1. The molecule has 4 nitrogen and oxygen atoms in total. The van der Waals surface area contributed by atoms with Gasteiger partial charge in [0.15, 0.2) is 0 Å². The van der Waals surface area contributed by atoms with Crippen LogP contribution in [0.5, 0.6) is 0 Å². The molecule has 1 aromatic carbocycles. The van der Waals surface area contributed by atoms with Crippen LogP contribution < -0.4 is 0 Å². The molecular formula is C18H28N2O2. The summed E-state index contributed by atoms with van der Waals surface area (Å²) in [6.45, 7) is 4.55. The topological polar surface area (TPSA) is 32.8 Å². The first-order valence-corrected chi connectivity index (χ1v) is 8.32. The Bertz CT molecular complexity index is 428. The molecule has 1 saturated heterocycles. The highest BCUT2D eigenvalue weighted by Gasteiger charge is 2.18. The Hall–Kier alpha value is -1.39. The zero-order chi connectivity index (χ0) is 15.6. The predicted octanol–water partition coefficient (Wildman–Crippen LogP) is 2.54. The summed E-state index contributed by atoms with van der Waals surface area (Å²) in [6, 6.07) is 10.3. The third kappa shape index (κ3) is 5.78. The van der Waals surface area contributed by atoms with E-state index in [1.807, 2.05) is 23.1 Å². The fourth-order valence-electron chi connectivity index (χ4n) is 2.89. The Morgan fingerprint density at radius 1 is 1.14 bits per heavy atom. The van der Waals surface area contributed by atoms with Crippen molar-refractivity contribution in [1.29, 1.82) is 0 Å². The summed E-state index contributed by atoms with van der Waals surface area (Å²) in [4.78, 5) is 16.8. The molecule has 0 saturated carbocycles. The molecule has 1 amide bonds. The van der Waals surface area contributed by atoms with Gasteiger partial charge in [-0.15, -0.1) is 0 Å². The molecule has 4 heteroatoms. The van der Waals surface area contributed by atoms with Gasteiger partial charge in [-0.3, -0.25) is 9.69 Å². The van der Waals surface area contributed by atoms with Crippen LogP contribution in [0.3, 0.4) is 0 Å². The molecule has 0 radical (unpaired) electrons. The van der Waals surface area contributed by atoms with Crippen LogP contribution in [0.1, 0.15) is 31.2 Å². The molecule has 0 spiro atoms. The first-order chi connectivity index (χ1) is 10.8. The Morgan fingerprint density at radius 2 is 1.82 bits per heavy atom. The van der Waals surface area contributed by atoms with Gasteiger partial charge in [0.2, 0.25) is 5.91 Å². The van der Waals surface area contributed by atoms with Gasteiger partial charge in [-0.25, -0.2) is 0 Å². The van der Waals surface area contributed by atoms with E-state index in [0.717, 1.165) is 39.0 Å². The first-order valence-electron chi connectivity index (χ1n) is 8.32. The van der Waals surface area contributed by atoms with Crippen LogP contribution >= 0.6 is 0 Å². The summed E-state index contributed by atoms with van der Waals surface area (Å²) < 4.78 is 5.19. The van der Waals surface area contributed by atoms with Crippen LogP contribution in [-0.4, -0.2) is 55.6 Å². The molecule has 1 aromatic rings. The van der Waals surface area contributed by atoms with Crippen molar-refractivity contribution < 1.29 is 9.53 Å². The van der Waals surface area contributed by atoms with E-state index in [4.69, 9.17) is 4.74 Å². The number of amides is 1. The van der Waals surface area contributed by atoms with Gasteiger partial charge in [0.05, 0.1) is 13.2 Å². The molecule has 1 fully saturated rings. The first kappa shape index (κ1) is 17.0. The van der Waals surface area contributed by atoms with E-state index < -0.39 is 0 Å². The second kappa shape index (κ2) is 9.59. The van der Waals surface area contributed by atoms with Gasteiger partial charge in [-0.1, -0.05) is 43.2 Å². The summed E-state index contributed by atoms with van der Waals surface area (Å²) >= 11 is 0. The Balaban J connectivity index is 1.91. The fourth-order valence-corrected chi connectivity index (χ4v) is 2.89. The third-order valence-electron chi connectivity index (χ3n) is 4.18. The summed E-state index contributed by atoms with van der Waals surface area (Å²) in [6.07, 6.45) is 4.79. The standard InChI is InChI=1S/C18H28N2O2/c1-22-14-13-19(15-17-9-5-4-6-10-17)16-18(21)20-11-7-2-3-8-12-20/h4-6,9-10H,2-3,7-8,11-16H2,1H3. The molecule has 0 N–H and O–H groups in total. The summed E-state index contributed by atoms with van der Waals surface area (Å²) in [5.41, 5.74) is 1.24. The second-order valence-electron chi connectivity index (χ2n) is 5.98. The molecule has 2 rings (SSSR count). The average Bonchev–Trinajstić information content (AvgIpc) is 2.83. The molecule has 1 heterocycles. The number of benzene rings is 1. The maximum atomic E-state index is 12.6. The van der Waals surface area contributed by atoms with Gasteiger partial charge in [0, 0.05) is 33.3 Å². The average molecular weight is 304 g/mol. The largest absolute Gasteiger partial charge is 0.383 e. The Morgan fingerprint density at radius 3 is 2.45 bits per heavy atom. The highest BCUT2D eigenvalue weighted by atomic mass is 16.5. The second-order valence-corrected chi connectivity index (χ2v) is 5.98. The molecule has 0 bridgehead atoms. The van der Waals surface area contributed by atoms with E-state index in [0.29, 0.717) is 13.2 Å². The zero-order valence-electron chi connectivity index (χ0n) is 13.7. The quantitative estimate of drug-likeness (QED) is 0.776. The lowest BCUT2D eigenvalue weighted by Gasteiger charge is -2.26. The number of rotatable bonds is 7. The number of ether oxygens (including phenoxy) is 1. The van der Waals surface area contributed by atoms with E-state index in [-0.39, 0.29) is 5.91 Å². The lowest BCUT2D eigenvalue weighted by molar-refractivity contribution is -0.132. The van der Waals surface area contributed by atoms with Crippen LogP contribution in [0.4, 0.5) is 0 Å². The van der Waals surface area contributed by atoms with Crippen LogP contribution in [0.2, 0.25) is 0 Å². The van der Waals surface area contributed by atoms with Gasteiger partial charge in [0.25, 0.3) is 0 Å². The van der Waals surface area contributed by atoms with Crippen molar-refractivity contribution in [2.45, 2.75) is 32.2 Å². The number of carbonyl (C=O) groups excluding carboxylic acids is 1. The van der Waals surface area contributed by atoms with Crippen molar-refractivity contribution in [3.8, 4) is 0 Å². The van der Waals surface area contributed by atoms with Crippen molar-refractivity contribution >= 4 is 5.91 Å². The van der Waals surface area contributed by atoms with E-state index >= 15 is 0 Å². The van der Waals surface area contributed by atoms with Crippen LogP contribution in [0.15, 0.2) is 30.3 Å². The van der Waals surface area contributed by atoms with E-state index in [2.05, 4.69) is 17.0 Å². The van der Waals surface area contributed by atoms with Gasteiger partial charge < -0.3 is 9.64 Å². The number of hydrogen-bond acceptors (Lipinski definition) is 3. The minimum Gasteiger partial charge on any atom is -0.383 e. The number of carbonyl (C=O) groups is 1. The molecule has 1 aliphatic heterocycles. The van der Waals surface area contributed by atoms with Crippen LogP contribution in [0.25, 0.3) is 0 Å². The normalized spacial score (nSPS) is 15.8. The highest BCUT2D eigenvalue weighted by Crippen LogP contribution is 2.11. The van der Waals surface area contributed by atoms with E-state index in [9.17, 15) is 4.79 Å².